The van der Waals surface area contributed by atoms with Crippen LogP contribution in [0.5, 0.6) is 0 Å². The molecule has 0 aliphatic heterocycles. The lowest BCUT2D eigenvalue weighted by molar-refractivity contribution is 0.758. The first-order valence-electron chi connectivity index (χ1n) is 5.92. The number of hydrogen-bond donors (Lipinski definition) is 1. The van der Waals surface area contributed by atoms with E-state index in [0.717, 1.165) is 28.8 Å². The van der Waals surface area contributed by atoms with E-state index in [1.54, 1.807) is 0 Å². The summed E-state index contributed by atoms with van der Waals surface area (Å²) in [6.45, 7) is 0.774. The molecule has 0 aliphatic carbocycles. The van der Waals surface area contributed by atoms with Crippen molar-refractivity contribution in [2.24, 2.45) is 0 Å². The van der Waals surface area contributed by atoms with Crippen LogP contribution in [0.2, 0.25) is 0 Å². The smallest absolute Gasteiger partial charge is 0.0766 e. The molecule has 0 radical (unpaired) electrons. The normalized spacial score (nSPS) is 10.9. The van der Waals surface area contributed by atoms with E-state index in [0.29, 0.717) is 0 Å². The van der Waals surface area contributed by atoms with Crippen LogP contribution in [0.25, 0.3) is 16.6 Å². The molecule has 90 valence electrons. The maximum atomic E-state index is 4.55. The van der Waals surface area contributed by atoms with Gasteiger partial charge in [0.1, 0.15) is 0 Å². The maximum Gasteiger partial charge on any atom is 0.0766 e. The number of fused-ring (bicyclic) bond motifs is 1. The molecule has 0 amide bonds. The van der Waals surface area contributed by atoms with Gasteiger partial charge in [-0.05, 0) is 37.4 Å². The average molecular weight is 238 g/mol. The third-order valence-corrected chi connectivity index (χ3v) is 2.87. The Morgan fingerprint density at radius 2 is 2.11 bits per heavy atom. The Hall–Kier alpha value is -2.20. The van der Waals surface area contributed by atoms with E-state index in [4.69, 9.17) is 0 Å². The van der Waals surface area contributed by atoms with Gasteiger partial charge in [-0.1, -0.05) is 6.07 Å². The number of rotatable bonds is 3. The van der Waals surface area contributed by atoms with Gasteiger partial charge in [-0.3, -0.25) is 4.98 Å². The van der Waals surface area contributed by atoms with Crippen molar-refractivity contribution >= 4 is 10.9 Å². The summed E-state index contributed by atoms with van der Waals surface area (Å²) in [7, 11) is 1.92. The predicted molar refractivity (Wildman–Crippen MR) is 71.6 cm³/mol. The molecule has 0 saturated heterocycles. The van der Waals surface area contributed by atoms with Crippen LogP contribution in [0.4, 0.5) is 0 Å². The number of nitrogens with one attached hydrogen (secondary N) is 1. The Kier molecular flexibility index (Phi) is 2.78. The molecule has 1 aromatic carbocycles. The van der Waals surface area contributed by atoms with E-state index in [-0.39, 0.29) is 0 Å². The minimum Gasteiger partial charge on any atom is -0.314 e. The number of hydrogen-bond acceptors (Lipinski definition) is 3. The van der Waals surface area contributed by atoms with Crippen molar-refractivity contribution in [1.82, 2.24) is 20.1 Å². The van der Waals surface area contributed by atoms with Gasteiger partial charge < -0.3 is 5.32 Å². The summed E-state index contributed by atoms with van der Waals surface area (Å²) in [5.74, 6) is 0. The first kappa shape index (κ1) is 10.9. The van der Waals surface area contributed by atoms with Crippen LogP contribution < -0.4 is 5.32 Å². The van der Waals surface area contributed by atoms with Gasteiger partial charge in [0.25, 0.3) is 0 Å². The van der Waals surface area contributed by atoms with E-state index < -0.39 is 0 Å². The molecular formula is C14H14N4. The summed E-state index contributed by atoms with van der Waals surface area (Å²) in [5.41, 5.74) is 3.07. The summed E-state index contributed by atoms with van der Waals surface area (Å²) < 4.78 is 1.90. The van der Waals surface area contributed by atoms with Gasteiger partial charge in [-0.15, -0.1) is 0 Å². The Morgan fingerprint density at radius 1 is 1.17 bits per heavy atom. The highest BCUT2D eigenvalue weighted by Gasteiger charge is 2.05. The fraction of sp³-hybridized carbons (Fsp3) is 0.143. The maximum absolute atomic E-state index is 4.55. The minimum absolute atomic E-state index is 0.774. The molecule has 4 heteroatoms. The summed E-state index contributed by atoms with van der Waals surface area (Å²) >= 11 is 0. The highest BCUT2D eigenvalue weighted by molar-refractivity contribution is 5.86. The molecule has 0 atom stereocenters. The molecule has 2 aromatic heterocycles. The molecular weight excluding hydrogens is 224 g/mol. The van der Waals surface area contributed by atoms with E-state index in [2.05, 4.69) is 27.5 Å². The molecule has 3 rings (SSSR count). The largest absolute Gasteiger partial charge is 0.314 e. The topological polar surface area (TPSA) is 42.7 Å². The highest BCUT2D eigenvalue weighted by atomic mass is 15.3. The van der Waals surface area contributed by atoms with Crippen molar-refractivity contribution in [1.29, 1.82) is 0 Å². The molecule has 3 aromatic rings. The SMILES string of the molecule is CNCc1ccn(-c2cccc3ncccc23)n1. The Labute approximate surface area is 105 Å². The molecule has 18 heavy (non-hydrogen) atoms. The zero-order valence-electron chi connectivity index (χ0n) is 10.2. The van der Waals surface area contributed by atoms with Crippen LogP contribution in [0.15, 0.2) is 48.8 Å². The Balaban J connectivity index is 2.12. The highest BCUT2D eigenvalue weighted by Crippen LogP contribution is 2.19. The van der Waals surface area contributed by atoms with Crippen molar-refractivity contribution in [2.75, 3.05) is 7.05 Å². The molecule has 4 nitrogen and oxygen atoms in total. The monoisotopic (exact) mass is 238 g/mol. The molecule has 0 fully saturated rings. The minimum atomic E-state index is 0.774. The lowest BCUT2D eigenvalue weighted by atomic mass is 10.2. The van der Waals surface area contributed by atoms with E-state index in [1.165, 1.54) is 0 Å². The van der Waals surface area contributed by atoms with Crippen molar-refractivity contribution in [3.05, 3.63) is 54.5 Å². The van der Waals surface area contributed by atoms with Crippen LogP contribution >= 0.6 is 0 Å². The molecule has 0 unspecified atom stereocenters. The zero-order chi connectivity index (χ0) is 12.4. The van der Waals surface area contributed by atoms with Crippen LogP contribution in [0, 0.1) is 0 Å². The molecule has 0 bridgehead atoms. The van der Waals surface area contributed by atoms with Crippen LogP contribution in [0.1, 0.15) is 5.69 Å². The third-order valence-electron chi connectivity index (χ3n) is 2.87. The lowest BCUT2D eigenvalue weighted by Crippen LogP contribution is -2.06. The van der Waals surface area contributed by atoms with E-state index in [9.17, 15) is 0 Å². The predicted octanol–water partition coefficient (Wildman–Crippen LogP) is 2.14. The van der Waals surface area contributed by atoms with Crippen molar-refractivity contribution in [3.8, 4) is 5.69 Å². The number of aromatic nitrogens is 3. The number of benzene rings is 1. The number of pyridine rings is 1. The molecule has 0 spiro atoms. The van der Waals surface area contributed by atoms with Crippen LogP contribution in [-0.2, 0) is 6.54 Å². The van der Waals surface area contributed by atoms with Gasteiger partial charge in [0, 0.05) is 24.3 Å². The van der Waals surface area contributed by atoms with Gasteiger partial charge >= 0.3 is 0 Å². The number of nitrogens with zero attached hydrogens (tertiary/aromatic N) is 3. The van der Waals surface area contributed by atoms with Crippen molar-refractivity contribution in [2.45, 2.75) is 6.54 Å². The second-order valence-electron chi connectivity index (χ2n) is 4.13. The van der Waals surface area contributed by atoms with Gasteiger partial charge in [-0.25, -0.2) is 4.68 Å². The molecule has 1 N–H and O–H groups in total. The quantitative estimate of drug-likeness (QED) is 0.760. The van der Waals surface area contributed by atoms with Crippen molar-refractivity contribution in [3.63, 3.8) is 0 Å². The molecule has 0 aliphatic rings. The van der Waals surface area contributed by atoms with Gasteiger partial charge in [0.2, 0.25) is 0 Å². The second kappa shape index (κ2) is 4.58. The standard InChI is InChI=1S/C14H14N4/c1-15-10-11-7-9-18(17-11)14-6-2-5-13-12(14)4-3-8-16-13/h2-9,15H,10H2,1H3. The van der Waals surface area contributed by atoms with Gasteiger partial charge in [0.05, 0.1) is 16.9 Å². The van der Waals surface area contributed by atoms with E-state index in [1.807, 2.05) is 48.4 Å². The average Bonchev–Trinajstić information content (AvgIpc) is 2.87. The molecule has 2 heterocycles. The Bertz CT molecular complexity index is 667. The second-order valence-corrected chi connectivity index (χ2v) is 4.13. The fourth-order valence-corrected chi connectivity index (χ4v) is 2.06. The van der Waals surface area contributed by atoms with Gasteiger partial charge in [0.15, 0.2) is 0 Å². The van der Waals surface area contributed by atoms with Crippen molar-refractivity contribution < 1.29 is 0 Å². The van der Waals surface area contributed by atoms with Crippen LogP contribution in [0.3, 0.4) is 0 Å². The Morgan fingerprint density at radius 3 is 3.00 bits per heavy atom. The third kappa shape index (κ3) is 1.87. The fourth-order valence-electron chi connectivity index (χ4n) is 2.06. The summed E-state index contributed by atoms with van der Waals surface area (Å²) in [4.78, 5) is 4.36. The van der Waals surface area contributed by atoms with E-state index >= 15 is 0 Å². The first-order valence-corrected chi connectivity index (χ1v) is 5.92. The summed E-state index contributed by atoms with van der Waals surface area (Å²) in [5, 5.41) is 8.75. The first-order chi connectivity index (χ1) is 8.88. The lowest BCUT2D eigenvalue weighted by Gasteiger charge is -2.05. The molecule has 0 saturated carbocycles. The van der Waals surface area contributed by atoms with Crippen LogP contribution in [-0.4, -0.2) is 21.8 Å². The zero-order valence-corrected chi connectivity index (χ0v) is 10.2. The van der Waals surface area contributed by atoms with Gasteiger partial charge in [-0.2, -0.15) is 5.10 Å². The summed E-state index contributed by atoms with van der Waals surface area (Å²) in [6.07, 6.45) is 3.79. The summed E-state index contributed by atoms with van der Waals surface area (Å²) in [6, 6.07) is 12.1.